The van der Waals surface area contributed by atoms with Crippen LogP contribution in [0.15, 0.2) is 121 Å². The first-order chi connectivity index (χ1) is 51.4. The minimum absolute atomic E-state index is 0.00158. The number of nitrogens with zero attached hydrogens (tertiary/aromatic N) is 4. The molecule has 6 rings (SSSR count). The van der Waals surface area contributed by atoms with Gasteiger partial charge < -0.3 is 113 Å². The van der Waals surface area contributed by atoms with Gasteiger partial charge in [0.05, 0.1) is 57.7 Å². The fraction of sp³-hybridized carbons (Fsp3) is 0.324. The molecule has 7 amide bonds. The maximum Gasteiger partial charge on any atom is 0.354 e. The molecule has 0 aliphatic heterocycles. The summed E-state index contributed by atoms with van der Waals surface area (Å²) < 4.78 is 0. The third kappa shape index (κ3) is 38.7. The molecule has 108 heavy (non-hydrogen) atoms. The van der Waals surface area contributed by atoms with Crippen molar-refractivity contribution in [2.45, 2.75) is 88.9 Å². The van der Waals surface area contributed by atoms with Gasteiger partial charge in [-0.15, -0.1) is 0 Å². The summed E-state index contributed by atoms with van der Waals surface area (Å²) in [6.07, 6.45) is -0.996. The lowest BCUT2D eigenvalue weighted by molar-refractivity contribution is -0.306. The molecule has 0 fully saturated rings. The maximum atomic E-state index is 12.0. The topological polar surface area (TPSA) is 584 Å². The van der Waals surface area contributed by atoms with Crippen molar-refractivity contribution in [3.63, 3.8) is 0 Å². The number of aliphatic carboxylic acids is 1. The molecule has 4 atom stereocenters. The van der Waals surface area contributed by atoms with Crippen LogP contribution in [0.3, 0.4) is 0 Å². The molecule has 0 bridgehead atoms. The zero-order valence-electron chi connectivity index (χ0n) is 57.3. The van der Waals surface area contributed by atoms with E-state index in [1.165, 1.54) is 60.7 Å². The number of carboxylic acid groups (broad SMARTS) is 8. The number of aromatic nitrogens is 4. The highest BCUT2D eigenvalue weighted by Gasteiger charge is 2.19. The number of rotatable bonds is 41. The van der Waals surface area contributed by atoms with Crippen LogP contribution >= 0.6 is 50.5 Å². The van der Waals surface area contributed by atoms with E-state index in [1.807, 2.05) is 0 Å². The molecule has 0 saturated carbocycles. The molecule has 36 nitrogen and oxygen atoms in total. The third-order valence-electron chi connectivity index (χ3n) is 14.2. The molecule has 2 aromatic carbocycles. The standard InChI is InChI=1S/C24H24N4O6.C18H20N4O6.C16H21N3O5S2.C10H17N3O5S2/c29-22(30)16-9-7-15(8-10-16)11-19(26-14-18-4-2-6-21(28-18)24(33)34)13-25-12-17-3-1-5-20(27-17)23(31)32;23-16(24)7-13(20-10-12-4-2-6-15(22-12)18(27)28)9-19-8-11-3-1-5-14(21-11)17(25)26;20-13(18-11-3-1-10(2-4-11)16(23)24)6-5-12(19-15(22)9-26)7-17-14(21)8-25;14-7(13-10(17)18)2-1-6(12-9(16)5-20)3-11-8(15)4-19/h1-10,19,25-26H,11-14H2,(H,29,30)(H,31,32)(H,33,34);1-6,13,19-20H,7-10H2,(H,23,24)(H,25,26)(H,27,28);1-4,12,25-26H,5-9H2,(H,17,21)(H,18,20)(H,19,22)(H,23,24);6,19-20H,1-5H2,(H,11,15)(H,12,16)(H,13,14)(H,17,18)/p-4. The van der Waals surface area contributed by atoms with E-state index in [4.69, 9.17) is 20.4 Å². The Balaban J connectivity index is 0.000000380. The number of benzene rings is 2. The Labute approximate surface area is 638 Å². The predicted octanol–water partition coefficient (Wildman–Crippen LogP) is -3.10. The average molecular weight is 1570 g/mol. The number of anilines is 1. The summed E-state index contributed by atoms with van der Waals surface area (Å²) in [5.41, 5.74) is 3.28. The molecule has 0 aliphatic rings. The van der Waals surface area contributed by atoms with Crippen LogP contribution in [0.1, 0.15) is 123 Å². The number of carbonyl (C=O) groups is 14. The highest BCUT2D eigenvalue weighted by atomic mass is 32.1. The molecule has 0 spiro atoms. The lowest BCUT2D eigenvalue weighted by Gasteiger charge is -2.20. The van der Waals surface area contributed by atoms with Gasteiger partial charge in [-0.25, -0.2) is 39.1 Å². The lowest BCUT2D eigenvalue weighted by Crippen LogP contribution is -2.46. The summed E-state index contributed by atoms with van der Waals surface area (Å²) in [5, 5.41) is 106. The summed E-state index contributed by atoms with van der Waals surface area (Å²) in [5.74, 6) is -10.6. The summed E-state index contributed by atoms with van der Waals surface area (Å²) >= 11 is 15.3. The largest absolute Gasteiger partial charge is 0.550 e. The van der Waals surface area contributed by atoms with Gasteiger partial charge in [-0.3, -0.25) is 28.8 Å². The van der Waals surface area contributed by atoms with Gasteiger partial charge in [0.25, 0.3) is 0 Å². The fourth-order valence-electron chi connectivity index (χ4n) is 9.01. The summed E-state index contributed by atoms with van der Waals surface area (Å²) in [4.78, 5) is 171. The number of carbonyl (C=O) groups excluding carboxylic acids is 10. The second-order valence-electron chi connectivity index (χ2n) is 22.6. The number of carboxylic acids is 7. The van der Waals surface area contributed by atoms with Gasteiger partial charge in [-0.1, -0.05) is 60.7 Å². The van der Waals surface area contributed by atoms with Crippen molar-refractivity contribution >= 4 is 140 Å². The molecular formula is C68H78N14O22S4-4. The molecule has 6 aromatic rings. The Morgan fingerprint density at radius 2 is 0.741 bits per heavy atom. The number of nitrogens with one attached hydrogen (secondary N) is 10. The molecule has 4 unspecified atom stereocenters. The Bertz CT molecular complexity index is 4040. The van der Waals surface area contributed by atoms with Crippen LogP contribution in [0.5, 0.6) is 0 Å². The number of hydrogen-bond acceptors (Lipinski definition) is 30. The van der Waals surface area contributed by atoms with Gasteiger partial charge in [0, 0.05) is 107 Å². The van der Waals surface area contributed by atoms with Crippen LogP contribution in [-0.2, 0) is 66.2 Å². The Hall–Kier alpha value is -11.1. The normalized spacial score (nSPS) is 11.5. The third-order valence-corrected chi connectivity index (χ3v) is 15.4. The maximum absolute atomic E-state index is 12.0. The van der Waals surface area contributed by atoms with Gasteiger partial charge in [0.1, 0.15) is 28.9 Å². The fourth-order valence-corrected chi connectivity index (χ4v) is 9.42. The molecular weight excluding hydrogens is 1490 g/mol. The van der Waals surface area contributed by atoms with E-state index in [2.05, 4.69) is 118 Å². The average Bonchev–Trinajstić information content (AvgIpc) is 0.892. The van der Waals surface area contributed by atoms with Crippen LogP contribution in [0.2, 0.25) is 0 Å². The SMILES string of the molecule is O=C(CS)NCC(CCC(=O)Nc1ccc(C(=O)[O-])cc1)NC(=O)CS.O=C([O-])CC(CNCc1cccc(C(=O)O)n1)NCc1cccc(C(=O)O)n1.O=C([O-])NC(=O)CCC(CNC(=O)CS)NC(=O)CS.O=C([O-])c1ccc(CC(CNCc2cccc(C(=O)O)n2)NCc2cccc(C(=O)O)n2)cc1. The van der Waals surface area contributed by atoms with Gasteiger partial charge in [-0.05, 0) is 96.6 Å². The van der Waals surface area contributed by atoms with Crippen molar-refractivity contribution in [3.05, 3.63) is 184 Å². The van der Waals surface area contributed by atoms with E-state index < -0.39 is 71.9 Å². The minimum atomic E-state index is -1.69. The Morgan fingerprint density at radius 1 is 0.389 bits per heavy atom. The number of amides is 7. The number of pyridine rings is 4. The summed E-state index contributed by atoms with van der Waals surface area (Å²) in [7, 11) is 0. The second-order valence-corrected chi connectivity index (χ2v) is 23.8. The van der Waals surface area contributed by atoms with Crippen molar-refractivity contribution in [3.8, 4) is 0 Å². The van der Waals surface area contributed by atoms with Gasteiger partial charge in [0.2, 0.25) is 35.4 Å². The molecule has 4 aromatic heterocycles. The zero-order valence-corrected chi connectivity index (χ0v) is 60.9. The van der Waals surface area contributed by atoms with Crippen molar-refractivity contribution in [1.82, 2.24) is 67.8 Å². The van der Waals surface area contributed by atoms with E-state index in [9.17, 15) is 87.5 Å². The Morgan fingerprint density at radius 3 is 1.09 bits per heavy atom. The van der Waals surface area contributed by atoms with E-state index in [-0.39, 0.29) is 151 Å². The van der Waals surface area contributed by atoms with Crippen molar-refractivity contribution in [1.29, 1.82) is 0 Å². The van der Waals surface area contributed by atoms with Crippen LogP contribution in [-0.4, -0.2) is 197 Å². The van der Waals surface area contributed by atoms with Gasteiger partial charge in [-0.2, -0.15) is 50.5 Å². The predicted molar refractivity (Wildman–Crippen MR) is 390 cm³/mol. The Kier molecular flexibility index (Phi) is 42.5. The number of aromatic carboxylic acids is 6. The second kappa shape index (κ2) is 50.4. The van der Waals surface area contributed by atoms with E-state index >= 15 is 0 Å². The summed E-state index contributed by atoms with van der Waals surface area (Å²) in [6, 6.07) is 29.1. The van der Waals surface area contributed by atoms with E-state index in [0.29, 0.717) is 60.9 Å². The van der Waals surface area contributed by atoms with Crippen molar-refractivity contribution in [2.75, 3.05) is 54.5 Å². The number of hydrogen-bond donors (Lipinski definition) is 18. The highest BCUT2D eigenvalue weighted by Crippen LogP contribution is 2.13. The van der Waals surface area contributed by atoms with Crippen LogP contribution in [0.4, 0.5) is 10.5 Å². The first-order valence-corrected chi connectivity index (χ1v) is 34.8. The molecule has 40 heteroatoms. The zero-order chi connectivity index (χ0) is 80.1. The molecule has 0 saturated heterocycles. The van der Waals surface area contributed by atoms with Crippen molar-refractivity contribution < 1.29 is 108 Å². The van der Waals surface area contributed by atoms with Gasteiger partial charge in [0.15, 0.2) is 0 Å². The molecule has 580 valence electrons. The summed E-state index contributed by atoms with van der Waals surface area (Å²) in [6.45, 7) is 2.08. The van der Waals surface area contributed by atoms with E-state index in [0.717, 1.165) is 5.56 Å². The first-order valence-electron chi connectivity index (χ1n) is 32.2. The lowest BCUT2D eigenvalue weighted by atomic mass is 10.0. The number of thiol groups is 4. The van der Waals surface area contributed by atoms with Crippen LogP contribution < -0.4 is 73.6 Å². The quantitative estimate of drug-likeness (QED) is 0.0169. The van der Waals surface area contributed by atoms with Crippen molar-refractivity contribution in [2.24, 2.45) is 0 Å². The molecule has 4 heterocycles. The van der Waals surface area contributed by atoms with E-state index in [1.54, 1.807) is 66.0 Å². The van der Waals surface area contributed by atoms with Gasteiger partial charge >= 0.3 is 23.9 Å². The minimum Gasteiger partial charge on any atom is -0.550 e. The highest BCUT2D eigenvalue weighted by molar-refractivity contribution is 7.81. The molecule has 0 aliphatic carbocycles. The first kappa shape index (κ1) is 91.1. The molecule has 0 radical (unpaired) electrons. The monoisotopic (exact) mass is 1570 g/mol. The smallest absolute Gasteiger partial charge is 0.354 e. The molecule has 14 N–H and O–H groups in total. The number of imide groups is 1. The van der Waals surface area contributed by atoms with Crippen LogP contribution in [0, 0.1) is 0 Å². The van der Waals surface area contributed by atoms with Crippen LogP contribution in [0.25, 0.3) is 0 Å².